The van der Waals surface area contributed by atoms with Crippen LogP contribution in [-0.4, -0.2) is 32.9 Å². The van der Waals surface area contributed by atoms with Crippen LogP contribution >= 0.6 is 11.8 Å². The zero-order valence-electron chi connectivity index (χ0n) is 12.6. The molecule has 0 aliphatic heterocycles. The molecule has 1 aromatic carbocycles. The summed E-state index contributed by atoms with van der Waals surface area (Å²) < 4.78 is 43.9. The van der Waals surface area contributed by atoms with Crippen molar-refractivity contribution in [2.24, 2.45) is 7.05 Å². The molecule has 1 aromatic heterocycles. The predicted molar refractivity (Wildman–Crippen MR) is 78.6 cm³/mol. The number of halogens is 3. The summed E-state index contributed by atoms with van der Waals surface area (Å²) in [5, 5.41) is 6.07. The number of aromatic nitrogens is 3. The molecule has 0 saturated carbocycles. The van der Waals surface area contributed by atoms with Gasteiger partial charge in [0, 0.05) is 12.6 Å². The van der Waals surface area contributed by atoms with Crippen molar-refractivity contribution in [3.8, 4) is 5.75 Å². The molecule has 23 heavy (non-hydrogen) atoms. The number of ether oxygens (including phenoxy) is 1. The van der Waals surface area contributed by atoms with Gasteiger partial charge in [0.1, 0.15) is 5.75 Å². The highest BCUT2D eigenvalue weighted by Gasteiger charge is 2.37. The second-order valence-electron chi connectivity index (χ2n) is 4.72. The Morgan fingerprint density at radius 3 is 2.35 bits per heavy atom. The number of hydrogen-bond donors (Lipinski definition) is 0. The van der Waals surface area contributed by atoms with Crippen LogP contribution in [0.3, 0.4) is 0 Å². The summed E-state index contributed by atoms with van der Waals surface area (Å²) in [6.07, 6.45) is -4.58. The van der Waals surface area contributed by atoms with Gasteiger partial charge in [0.25, 0.3) is 0 Å². The van der Waals surface area contributed by atoms with E-state index in [2.05, 4.69) is 10.2 Å². The quantitative estimate of drug-likeness (QED) is 0.615. The Morgan fingerprint density at radius 2 is 1.87 bits per heavy atom. The monoisotopic (exact) mass is 345 g/mol. The van der Waals surface area contributed by atoms with E-state index >= 15 is 0 Å². The van der Waals surface area contributed by atoms with Crippen molar-refractivity contribution in [1.29, 1.82) is 0 Å². The topological polar surface area (TPSA) is 57.0 Å². The van der Waals surface area contributed by atoms with E-state index in [1.807, 2.05) is 0 Å². The van der Waals surface area contributed by atoms with Crippen LogP contribution in [0.4, 0.5) is 13.2 Å². The van der Waals surface area contributed by atoms with Crippen molar-refractivity contribution in [2.75, 3.05) is 7.11 Å². The lowest BCUT2D eigenvalue weighted by molar-refractivity contribution is -0.147. The first-order valence-corrected chi connectivity index (χ1v) is 7.43. The Hall–Kier alpha value is -2.03. The molecule has 2 rings (SSSR count). The van der Waals surface area contributed by atoms with Crippen LogP contribution in [0.5, 0.6) is 5.75 Å². The molecule has 0 amide bonds. The number of nitrogens with zero attached hydrogens (tertiary/aromatic N) is 3. The minimum atomic E-state index is -4.58. The Morgan fingerprint density at radius 1 is 1.26 bits per heavy atom. The van der Waals surface area contributed by atoms with Crippen LogP contribution in [0.15, 0.2) is 29.4 Å². The molecule has 0 fully saturated rings. The van der Waals surface area contributed by atoms with Gasteiger partial charge in [-0.05, 0) is 31.2 Å². The van der Waals surface area contributed by atoms with Gasteiger partial charge in [-0.1, -0.05) is 11.8 Å². The maximum atomic E-state index is 12.7. The average molecular weight is 345 g/mol. The fourth-order valence-electron chi connectivity index (χ4n) is 1.87. The van der Waals surface area contributed by atoms with Crippen LogP contribution in [-0.2, 0) is 13.2 Å². The van der Waals surface area contributed by atoms with E-state index in [0.717, 1.165) is 16.3 Å². The molecule has 2 aromatic rings. The van der Waals surface area contributed by atoms with Crippen LogP contribution < -0.4 is 4.74 Å². The van der Waals surface area contributed by atoms with Crippen molar-refractivity contribution in [3.05, 3.63) is 35.7 Å². The summed E-state index contributed by atoms with van der Waals surface area (Å²) in [5.41, 5.74) is 0.448. The molecular formula is C14H14F3N3O2S. The smallest absolute Gasteiger partial charge is 0.451 e. The van der Waals surface area contributed by atoms with E-state index in [9.17, 15) is 18.0 Å². The fraction of sp³-hybridized carbons (Fsp3) is 0.357. The molecule has 124 valence electrons. The molecule has 0 aliphatic carbocycles. The van der Waals surface area contributed by atoms with E-state index < -0.39 is 17.3 Å². The van der Waals surface area contributed by atoms with Crippen LogP contribution in [0, 0.1) is 0 Å². The van der Waals surface area contributed by atoms with Gasteiger partial charge in [0.2, 0.25) is 5.82 Å². The molecule has 0 saturated heterocycles. The molecule has 5 nitrogen and oxygen atoms in total. The number of thioether (sulfide) groups is 1. The van der Waals surface area contributed by atoms with Gasteiger partial charge < -0.3 is 9.30 Å². The lowest BCUT2D eigenvalue weighted by atomic mass is 10.1. The summed E-state index contributed by atoms with van der Waals surface area (Å²) in [6, 6.07) is 6.51. The highest BCUT2D eigenvalue weighted by Crippen LogP contribution is 2.31. The van der Waals surface area contributed by atoms with E-state index in [0.29, 0.717) is 11.3 Å². The number of alkyl halides is 3. The van der Waals surface area contributed by atoms with Gasteiger partial charge in [0.05, 0.1) is 12.4 Å². The molecule has 0 N–H and O–H groups in total. The molecule has 0 bridgehead atoms. The molecule has 0 unspecified atom stereocenters. The summed E-state index contributed by atoms with van der Waals surface area (Å²) in [6.45, 7) is 1.61. The van der Waals surface area contributed by atoms with Gasteiger partial charge in [-0.3, -0.25) is 4.79 Å². The summed E-state index contributed by atoms with van der Waals surface area (Å²) in [5.74, 6) is -0.691. The number of carbonyl (C=O) groups is 1. The lowest BCUT2D eigenvalue weighted by Crippen LogP contribution is -2.16. The lowest BCUT2D eigenvalue weighted by Gasteiger charge is -2.11. The minimum absolute atomic E-state index is 0.0340. The fourth-order valence-corrected chi connectivity index (χ4v) is 2.76. The second-order valence-corrected chi connectivity index (χ2v) is 6.02. The van der Waals surface area contributed by atoms with Crippen molar-refractivity contribution in [2.45, 2.75) is 23.5 Å². The van der Waals surface area contributed by atoms with E-state index in [4.69, 9.17) is 4.74 Å². The zero-order valence-corrected chi connectivity index (χ0v) is 13.4. The van der Waals surface area contributed by atoms with Crippen molar-refractivity contribution >= 4 is 17.5 Å². The standard InChI is InChI=1S/C14H14F3N3O2S/c1-8(11(21)9-4-6-10(22-3)7-5-9)23-13-19-18-12(20(13)2)14(15,16)17/h4-8H,1-3H3/t8-/m1/s1. The zero-order chi connectivity index (χ0) is 17.2. The summed E-state index contributed by atoms with van der Waals surface area (Å²) in [7, 11) is 2.73. The van der Waals surface area contributed by atoms with Gasteiger partial charge >= 0.3 is 6.18 Å². The van der Waals surface area contributed by atoms with Crippen LogP contribution in [0.2, 0.25) is 0 Å². The number of benzene rings is 1. The Bertz CT molecular complexity index is 698. The molecule has 0 aliphatic rings. The number of Topliss-reactive ketones (excluding diaryl/α,β-unsaturated/α-hetero) is 1. The molecule has 0 spiro atoms. The molecular weight excluding hydrogens is 331 g/mol. The van der Waals surface area contributed by atoms with Crippen molar-refractivity contribution < 1.29 is 22.7 Å². The van der Waals surface area contributed by atoms with Crippen molar-refractivity contribution in [3.63, 3.8) is 0 Å². The van der Waals surface area contributed by atoms with Gasteiger partial charge in [-0.15, -0.1) is 10.2 Å². The average Bonchev–Trinajstić information content (AvgIpc) is 2.87. The number of carbonyl (C=O) groups excluding carboxylic acids is 1. The number of hydrogen-bond acceptors (Lipinski definition) is 5. The second kappa shape index (κ2) is 6.61. The van der Waals surface area contributed by atoms with E-state index in [1.165, 1.54) is 14.2 Å². The normalized spacial score (nSPS) is 13.0. The van der Waals surface area contributed by atoms with E-state index in [1.54, 1.807) is 31.2 Å². The SMILES string of the molecule is COc1ccc(C(=O)[C@@H](C)Sc2nnc(C(F)(F)F)n2C)cc1. The van der Waals surface area contributed by atoms with Crippen molar-refractivity contribution in [1.82, 2.24) is 14.8 Å². The third kappa shape index (κ3) is 3.84. The number of methoxy groups -OCH3 is 1. The first kappa shape index (κ1) is 17.3. The third-order valence-electron chi connectivity index (χ3n) is 3.11. The summed E-state index contributed by atoms with van der Waals surface area (Å²) >= 11 is 0.929. The third-order valence-corrected chi connectivity index (χ3v) is 4.25. The number of ketones is 1. The number of rotatable bonds is 5. The molecule has 9 heteroatoms. The van der Waals surface area contributed by atoms with Crippen LogP contribution in [0.25, 0.3) is 0 Å². The highest BCUT2D eigenvalue weighted by molar-refractivity contribution is 8.00. The molecule has 1 atom stereocenters. The maximum absolute atomic E-state index is 12.7. The minimum Gasteiger partial charge on any atom is -0.497 e. The van der Waals surface area contributed by atoms with Gasteiger partial charge in [-0.25, -0.2) is 0 Å². The Balaban J connectivity index is 2.13. The largest absolute Gasteiger partial charge is 0.497 e. The first-order chi connectivity index (χ1) is 10.7. The Kier molecular flexibility index (Phi) is 4.98. The first-order valence-electron chi connectivity index (χ1n) is 6.55. The predicted octanol–water partition coefficient (Wildman–Crippen LogP) is 3.21. The molecule has 1 heterocycles. The van der Waals surface area contributed by atoms with Gasteiger partial charge in [-0.2, -0.15) is 13.2 Å². The molecule has 0 radical (unpaired) electrons. The van der Waals surface area contributed by atoms with E-state index in [-0.39, 0.29) is 10.9 Å². The summed E-state index contributed by atoms with van der Waals surface area (Å²) in [4.78, 5) is 12.3. The van der Waals surface area contributed by atoms with Crippen LogP contribution in [0.1, 0.15) is 23.1 Å². The highest BCUT2D eigenvalue weighted by atomic mass is 32.2. The Labute approximate surface area is 134 Å². The maximum Gasteiger partial charge on any atom is 0.451 e. The van der Waals surface area contributed by atoms with Gasteiger partial charge in [0.15, 0.2) is 10.9 Å².